The van der Waals surface area contributed by atoms with E-state index in [9.17, 15) is 9.67 Å². The van der Waals surface area contributed by atoms with Gasteiger partial charge in [-0.15, -0.1) is 0 Å². The Morgan fingerprint density at radius 3 is 2.96 bits per heavy atom. The zero-order chi connectivity index (χ0) is 18.9. The average molecular weight is 399 g/mol. The van der Waals surface area contributed by atoms with Gasteiger partial charge < -0.3 is 30.4 Å². The summed E-state index contributed by atoms with van der Waals surface area (Å²) in [5.41, 5.74) is 11.1. The highest BCUT2D eigenvalue weighted by atomic mass is 32.1. The summed E-state index contributed by atoms with van der Waals surface area (Å²) in [6, 6.07) is 0. The van der Waals surface area contributed by atoms with Crippen molar-refractivity contribution in [3.8, 4) is 0 Å². The van der Waals surface area contributed by atoms with Crippen LogP contribution in [0.2, 0.25) is 0 Å². The molecule has 4 rings (SSSR count). The molecule has 2 aromatic heterocycles. The third-order valence-electron chi connectivity index (χ3n) is 4.65. The maximum atomic E-state index is 12.2. The normalized spacial score (nSPS) is 37.0. The Kier molecular flexibility index (Phi) is 3.89. The summed E-state index contributed by atoms with van der Waals surface area (Å²) < 4.78 is 30.4. The molecule has 4 heterocycles. The van der Waals surface area contributed by atoms with Gasteiger partial charge in [0.15, 0.2) is 6.23 Å². The van der Waals surface area contributed by atoms with Gasteiger partial charge >= 0.3 is 7.60 Å². The van der Waals surface area contributed by atoms with Crippen LogP contribution in [0.25, 0.3) is 11.0 Å². The minimum atomic E-state index is -3.26. The predicted molar refractivity (Wildman–Crippen MR) is 96.7 cm³/mol. The van der Waals surface area contributed by atoms with Crippen LogP contribution < -0.4 is 11.5 Å². The Morgan fingerprint density at radius 1 is 1.54 bits per heavy atom. The van der Waals surface area contributed by atoms with Crippen molar-refractivity contribution in [2.45, 2.75) is 31.0 Å². The SMILES string of the molecule is CC1(O)C2OP(C)(=O)OCC2OC1n1cc(C(N)=S)c2c(N)ncnc21. The third kappa shape index (κ3) is 2.55. The molecule has 5 unspecified atom stereocenters. The Bertz CT molecular complexity index is 963. The van der Waals surface area contributed by atoms with E-state index in [1.54, 1.807) is 17.7 Å². The molecule has 0 radical (unpaired) electrons. The highest BCUT2D eigenvalue weighted by Gasteiger charge is 2.58. The van der Waals surface area contributed by atoms with Crippen LogP contribution in [-0.2, 0) is 18.3 Å². The van der Waals surface area contributed by atoms with Gasteiger partial charge in [0.05, 0.1) is 12.0 Å². The summed E-state index contributed by atoms with van der Waals surface area (Å²) in [5.74, 6) is 0.212. The second kappa shape index (κ2) is 5.69. The molecule has 0 spiro atoms. The van der Waals surface area contributed by atoms with E-state index >= 15 is 0 Å². The van der Waals surface area contributed by atoms with Crippen molar-refractivity contribution in [3.05, 3.63) is 18.1 Å². The lowest BCUT2D eigenvalue weighted by Crippen LogP contribution is -2.47. The number of hydrogen-bond acceptors (Lipinski definition) is 9. The zero-order valence-electron chi connectivity index (χ0n) is 14.0. The molecule has 10 nitrogen and oxygen atoms in total. The first-order valence-corrected chi connectivity index (χ1v) is 10.2. The standard InChI is InChI=1S/C14H18N5O5PS/c1-14(20)9-7(4-22-25(2,21)24-9)23-13(14)19-3-6(11(16)26)8-10(15)17-5-18-12(8)19/h3,5,7,9,13,20H,4H2,1-2H3,(H2,16,26)(H2,15,17,18). The van der Waals surface area contributed by atoms with Gasteiger partial charge in [0, 0.05) is 18.4 Å². The summed E-state index contributed by atoms with van der Waals surface area (Å²) >= 11 is 5.09. The molecule has 26 heavy (non-hydrogen) atoms. The molecule has 0 amide bonds. The van der Waals surface area contributed by atoms with Crippen LogP contribution in [-0.4, -0.2) is 55.7 Å². The highest BCUT2D eigenvalue weighted by Crippen LogP contribution is 2.55. The number of hydrogen-bond donors (Lipinski definition) is 3. The summed E-state index contributed by atoms with van der Waals surface area (Å²) in [6.07, 6.45) is 0.581. The van der Waals surface area contributed by atoms with E-state index in [0.717, 1.165) is 0 Å². The Balaban J connectivity index is 1.85. The number of anilines is 1. The van der Waals surface area contributed by atoms with Gasteiger partial charge in [0.2, 0.25) is 0 Å². The van der Waals surface area contributed by atoms with Crippen molar-refractivity contribution in [1.29, 1.82) is 0 Å². The number of nitrogen functional groups attached to an aromatic ring is 1. The van der Waals surface area contributed by atoms with Gasteiger partial charge in [0.1, 0.15) is 40.6 Å². The molecule has 2 aliphatic rings. The van der Waals surface area contributed by atoms with E-state index in [0.29, 0.717) is 16.6 Å². The summed E-state index contributed by atoms with van der Waals surface area (Å²) in [5, 5.41) is 11.6. The average Bonchev–Trinajstić information content (AvgIpc) is 3.04. The topological polar surface area (TPSA) is 148 Å². The fourth-order valence-corrected chi connectivity index (χ4v) is 4.85. The van der Waals surface area contributed by atoms with Crippen LogP contribution in [0.3, 0.4) is 0 Å². The number of aromatic nitrogens is 3. The largest absolute Gasteiger partial charge is 0.389 e. The van der Waals surface area contributed by atoms with Gasteiger partial charge in [0.25, 0.3) is 0 Å². The van der Waals surface area contributed by atoms with Crippen molar-refractivity contribution < 1.29 is 23.5 Å². The molecule has 0 saturated carbocycles. The molecule has 140 valence electrons. The van der Waals surface area contributed by atoms with Gasteiger partial charge in [-0.2, -0.15) is 0 Å². The summed E-state index contributed by atoms with van der Waals surface area (Å²) in [6.45, 7) is 2.95. The van der Waals surface area contributed by atoms with E-state index in [-0.39, 0.29) is 17.4 Å². The van der Waals surface area contributed by atoms with Crippen LogP contribution in [0.15, 0.2) is 12.5 Å². The minimum Gasteiger partial charge on any atom is -0.389 e. The fraction of sp³-hybridized carbons (Fsp3) is 0.500. The molecule has 2 aliphatic heterocycles. The van der Waals surface area contributed by atoms with Crippen molar-refractivity contribution in [3.63, 3.8) is 0 Å². The number of aliphatic hydroxyl groups is 1. The van der Waals surface area contributed by atoms with Crippen LogP contribution in [0.5, 0.6) is 0 Å². The molecule has 12 heteroatoms. The number of fused-ring (bicyclic) bond motifs is 2. The van der Waals surface area contributed by atoms with Crippen LogP contribution in [0, 0.1) is 0 Å². The van der Waals surface area contributed by atoms with Gasteiger partial charge in [-0.1, -0.05) is 12.2 Å². The third-order valence-corrected chi connectivity index (χ3v) is 6.10. The van der Waals surface area contributed by atoms with Crippen LogP contribution >= 0.6 is 19.8 Å². The summed E-state index contributed by atoms with van der Waals surface area (Å²) in [4.78, 5) is 8.32. The lowest BCUT2D eigenvalue weighted by molar-refractivity contribution is -0.0885. The Morgan fingerprint density at radius 2 is 2.27 bits per heavy atom. The minimum absolute atomic E-state index is 0.0452. The van der Waals surface area contributed by atoms with Crippen molar-refractivity contribution in [1.82, 2.24) is 14.5 Å². The second-order valence-electron chi connectivity index (χ2n) is 6.62. The molecule has 0 aliphatic carbocycles. The number of nitrogens with two attached hydrogens (primary N) is 2. The van der Waals surface area contributed by atoms with Gasteiger partial charge in [-0.25, -0.2) is 9.97 Å². The lowest BCUT2D eigenvalue weighted by Gasteiger charge is -2.34. The fourth-order valence-electron chi connectivity index (χ4n) is 3.46. The molecule has 2 fully saturated rings. The first-order chi connectivity index (χ1) is 12.1. The van der Waals surface area contributed by atoms with Crippen molar-refractivity contribution >= 4 is 41.7 Å². The first-order valence-electron chi connectivity index (χ1n) is 7.81. The van der Waals surface area contributed by atoms with E-state index < -0.39 is 31.6 Å². The number of nitrogens with zero attached hydrogens (tertiary/aromatic N) is 3. The maximum absolute atomic E-state index is 12.2. The van der Waals surface area contributed by atoms with Crippen LogP contribution in [0.1, 0.15) is 18.7 Å². The molecular weight excluding hydrogens is 381 g/mol. The van der Waals surface area contributed by atoms with E-state index in [1.807, 2.05) is 0 Å². The van der Waals surface area contributed by atoms with Gasteiger partial charge in [-0.3, -0.25) is 9.09 Å². The number of rotatable bonds is 2. The zero-order valence-corrected chi connectivity index (χ0v) is 15.7. The highest BCUT2D eigenvalue weighted by molar-refractivity contribution is 7.80. The van der Waals surface area contributed by atoms with E-state index in [2.05, 4.69) is 9.97 Å². The lowest BCUT2D eigenvalue weighted by atomic mass is 9.96. The quantitative estimate of drug-likeness (QED) is 0.482. The van der Waals surface area contributed by atoms with Crippen molar-refractivity contribution in [2.24, 2.45) is 5.73 Å². The Hall–Kier alpha value is -1.62. The predicted octanol–water partition coefficient (Wildman–Crippen LogP) is 0.534. The summed E-state index contributed by atoms with van der Waals surface area (Å²) in [7, 11) is -3.26. The first kappa shape index (κ1) is 17.8. The van der Waals surface area contributed by atoms with Crippen LogP contribution in [0.4, 0.5) is 5.82 Å². The smallest absolute Gasteiger partial charge is 0.328 e. The Labute approximate surface area is 154 Å². The molecule has 5 atom stereocenters. The van der Waals surface area contributed by atoms with Gasteiger partial charge in [-0.05, 0) is 6.92 Å². The monoisotopic (exact) mass is 399 g/mol. The molecule has 5 N–H and O–H groups in total. The second-order valence-corrected chi connectivity index (χ2v) is 9.07. The molecular formula is C14H18N5O5PS. The number of thiocarbonyl (C=S) groups is 1. The van der Waals surface area contributed by atoms with Crippen molar-refractivity contribution in [2.75, 3.05) is 19.0 Å². The van der Waals surface area contributed by atoms with E-state index in [1.165, 1.54) is 13.0 Å². The molecule has 2 aromatic rings. The molecule has 0 bridgehead atoms. The molecule has 2 saturated heterocycles. The maximum Gasteiger partial charge on any atom is 0.328 e. The number of ether oxygens (including phenoxy) is 1. The van der Waals surface area contributed by atoms with E-state index in [4.69, 9.17) is 37.5 Å². The molecule has 0 aromatic carbocycles.